The summed E-state index contributed by atoms with van der Waals surface area (Å²) in [6, 6.07) is 1.09. The van der Waals surface area contributed by atoms with Gasteiger partial charge in [0.05, 0.1) is 0 Å². The zero-order valence-electron chi connectivity index (χ0n) is 5.89. The van der Waals surface area contributed by atoms with E-state index in [1.807, 2.05) is 0 Å². The largest absolute Gasteiger partial charge is 0.295 e. The van der Waals surface area contributed by atoms with Crippen LogP contribution in [0.15, 0.2) is 15.7 Å². The van der Waals surface area contributed by atoms with E-state index >= 15 is 0 Å². The number of aryl methyl sites for hydroxylation is 1. The van der Waals surface area contributed by atoms with Gasteiger partial charge in [-0.05, 0) is 13.0 Å². The molecule has 2 N–H and O–H groups in total. The zero-order valence-corrected chi connectivity index (χ0v) is 5.89. The molecule has 0 radical (unpaired) electrons. The summed E-state index contributed by atoms with van der Waals surface area (Å²) in [5.41, 5.74) is -0.863. The number of hydrogen-bond donors (Lipinski definition) is 2. The molecule has 0 bridgehead atoms. The summed E-state index contributed by atoms with van der Waals surface area (Å²) in [4.78, 5) is 21.7. The second-order valence-corrected chi connectivity index (χ2v) is 2.27. The summed E-state index contributed by atoms with van der Waals surface area (Å²) in [6.07, 6.45) is 0. The van der Waals surface area contributed by atoms with Gasteiger partial charge in [-0.15, -0.1) is 0 Å². The molecule has 0 amide bonds. The molecule has 11 heavy (non-hydrogen) atoms. The second kappa shape index (κ2) is 2.23. The molecular weight excluding hydrogens is 144 g/mol. The normalized spacial score (nSPS) is 9.91. The Hall–Kier alpha value is -1.58. The van der Waals surface area contributed by atoms with Gasteiger partial charge in [0, 0.05) is 5.56 Å². The van der Waals surface area contributed by atoms with Crippen molar-refractivity contribution < 1.29 is 0 Å². The van der Waals surface area contributed by atoms with Gasteiger partial charge in [-0.2, -0.15) is 0 Å². The highest BCUT2D eigenvalue weighted by Gasteiger charge is 1.99. The molecule has 0 unspecified atom stereocenters. The van der Waals surface area contributed by atoms with E-state index < -0.39 is 21.6 Å². The van der Waals surface area contributed by atoms with Crippen molar-refractivity contribution in [2.75, 3.05) is 0 Å². The molecular formula is C7H6N2O2. The van der Waals surface area contributed by atoms with Crippen molar-refractivity contribution in [1.82, 2.24) is 0 Å². The summed E-state index contributed by atoms with van der Waals surface area (Å²) in [5, 5.41) is 13.0. The van der Waals surface area contributed by atoms with E-state index in [2.05, 4.69) is 0 Å². The lowest BCUT2D eigenvalue weighted by Crippen LogP contribution is -2.47. The predicted octanol–water partition coefficient (Wildman–Crippen LogP) is -1.45. The van der Waals surface area contributed by atoms with E-state index in [4.69, 9.17) is 10.8 Å². The van der Waals surface area contributed by atoms with Gasteiger partial charge < -0.3 is 0 Å². The van der Waals surface area contributed by atoms with Crippen molar-refractivity contribution in [2.24, 2.45) is 0 Å². The van der Waals surface area contributed by atoms with Crippen LogP contribution in [0.4, 0.5) is 0 Å². The Kier molecular flexibility index (Phi) is 1.53. The minimum absolute atomic E-state index is 0.232. The van der Waals surface area contributed by atoms with Crippen molar-refractivity contribution in [3.63, 3.8) is 0 Å². The summed E-state index contributed by atoms with van der Waals surface area (Å²) >= 11 is 0. The van der Waals surface area contributed by atoms with Crippen molar-refractivity contribution in [1.29, 1.82) is 10.8 Å². The maximum Gasteiger partial charge on any atom is 0.208 e. The molecule has 4 heteroatoms. The summed E-state index contributed by atoms with van der Waals surface area (Å²) in [7, 11) is 0. The minimum Gasteiger partial charge on any atom is -0.295 e. The van der Waals surface area contributed by atoms with E-state index in [9.17, 15) is 9.59 Å². The first kappa shape index (κ1) is 7.53. The van der Waals surface area contributed by atoms with Crippen molar-refractivity contribution >= 4 is 0 Å². The van der Waals surface area contributed by atoms with Gasteiger partial charge >= 0.3 is 0 Å². The van der Waals surface area contributed by atoms with Crippen LogP contribution in [0.2, 0.25) is 0 Å². The summed E-state index contributed by atoms with van der Waals surface area (Å²) < 4.78 is 0. The molecule has 56 valence electrons. The highest BCUT2D eigenvalue weighted by Crippen LogP contribution is 1.71. The standard InChI is InChI=1S/C7H6N2O2/c1-3-2-4(10)5(8)6(9)7(3)11/h2,8-9H,1H3. The van der Waals surface area contributed by atoms with E-state index in [1.165, 1.54) is 6.92 Å². The van der Waals surface area contributed by atoms with Crippen LogP contribution in [0.1, 0.15) is 5.56 Å². The third-order valence-corrected chi connectivity index (χ3v) is 1.43. The quantitative estimate of drug-likeness (QED) is 0.474. The van der Waals surface area contributed by atoms with Crippen LogP contribution >= 0.6 is 0 Å². The van der Waals surface area contributed by atoms with E-state index in [1.54, 1.807) is 0 Å². The average molecular weight is 150 g/mol. The fraction of sp³-hybridized carbons (Fsp3) is 0.143. The lowest BCUT2D eigenvalue weighted by Gasteiger charge is -1.84. The molecule has 0 atom stereocenters. The Balaban J connectivity index is 4.06. The third kappa shape index (κ3) is 1.02. The smallest absolute Gasteiger partial charge is 0.208 e. The number of rotatable bonds is 0. The van der Waals surface area contributed by atoms with Crippen molar-refractivity contribution in [3.8, 4) is 0 Å². The average Bonchev–Trinajstić information content (AvgIpc) is 1.97. The van der Waals surface area contributed by atoms with E-state index in [0.717, 1.165) is 6.07 Å². The molecule has 0 aromatic heterocycles. The number of nitrogens with one attached hydrogen (secondary N) is 2. The molecule has 0 aliphatic rings. The maximum absolute atomic E-state index is 10.9. The van der Waals surface area contributed by atoms with Crippen LogP contribution in [0.3, 0.4) is 0 Å². The van der Waals surface area contributed by atoms with Gasteiger partial charge in [-0.3, -0.25) is 20.4 Å². The third-order valence-electron chi connectivity index (χ3n) is 1.43. The fourth-order valence-electron chi connectivity index (χ4n) is 0.768. The van der Waals surface area contributed by atoms with Crippen LogP contribution in [-0.2, 0) is 0 Å². The number of benzene rings is 1. The Bertz CT molecular complexity index is 481. The zero-order chi connectivity index (χ0) is 8.59. The van der Waals surface area contributed by atoms with Crippen LogP contribution in [0.5, 0.6) is 0 Å². The van der Waals surface area contributed by atoms with Crippen molar-refractivity contribution in [3.05, 3.63) is 42.8 Å². The molecule has 0 spiro atoms. The topological polar surface area (TPSA) is 81.8 Å². The maximum atomic E-state index is 10.9. The highest BCUT2D eigenvalue weighted by atomic mass is 16.1. The van der Waals surface area contributed by atoms with E-state index in [0.29, 0.717) is 0 Å². The Morgan fingerprint density at radius 1 is 1.18 bits per heavy atom. The van der Waals surface area contributed by atoms with Crippen LogP contribution in [-0.4, -0.2) is 0 Å². The summed E-state index contributed by atoms with van der Waals surface area (Å²) in [6.45, 7) is 1.46. The van der Waals surface area contributed by atoms with E-state index in [-0.39, 0.29) is 5.56 Å². The first-order valence-electron chi connectivity index (χ1n) is 2.99. The molecule has 0 saturated carbocycles. The first-order valence-corrected chi connectivity index (χ1v) is 2.99. The van der Waals surface area contributed by atoms with Gasteiger partial charge in [0.1, 0.15) is 10.7 Å². The molecule has 0 fully saturated rings. The first-order chi connectivity index (χ1) is 5.04. The monoisotopic (exact) mass is 150 g/mol. The van der Waals surface area contributed by atoms with Gasteiger partial charge in [0.25, 0.3) is 0 Å². The molecule has 1 aromatic carbocycles. The predicted molar refractivity (Wildman–Crippen MR) is 37.8 cm³/mol. The van der Waals surface area contributed by atoms with Crippen LogP contribution in [0, 0.1) is 17.7 Å². The summed E-state index contributed by atoms with van der Waals surface area (Å²) in [5.74, 6) is 0. The van der Waals surface area contributed by atoms with Gasteiger partial charge in [-0.25, -0.2) is 0 Å². The molecule has 1 rings (SSSR count). The second-order valence-electron chi connectivity index (χ2n) is 2.27. The van der Waals surface area contributed by atoms with Crippen molar-refractivity contribution in [2.45, 2.75) is 6.92 Å². The van der Waals surface area contributed by atoms with Gasteiger partial charge in [-0.1, -0.05) is 0 Å². The Labute approximate surface area is 61.5 Å². The van der Waals surface area contributed by atoms with Crippen LogP contribution < -0.4 is 21.6 Å². The molecule has 0 saturated heterocycles. The SMILES string of the molecule is Cc1cc(=O)c(=N)c(=N)c1=O. The van der Waals surface area contributed by atoms with Crippen LogP contribution in [0.25, 0.3) is 0 Å². The Morgan fingerprint density at radius 2 is 1.73 bits per heavy atom. The molecule has 0 heterocycles. The van der Waals surface area contributed by atoms with Gasteiger partial charge in [0.15, 0.2) is 0 Å². The molecule has 4 nitrogen and oxygen atoms in total. The van der Waals surface area contributed by atoms with Gasteiger partial charge in [0.2, 0.25) is 10.9 Å². The lowest BCUT2D eigenvalue weighted by molar-refractivity contribution is 1.07. The molecule has 1 aromatic rings. The number of hydrogen-bond acceptors (Lipinski definition) is 4. The molecule has 0 aliphatic heterocycles. The fourth-order valence-corrected chi connectivity index (χ4v) is 0.768. The Morgan fingerprint density at radius 3 is 2.27 bits per heavy atom. The minimum atomic E-state index is -0.563. The molecule has 0 aliphatic carbocycles. The highest BCUT2D eigenvalue weighted by molar-refractivity contribution is 5.11. The lowest BCUT2D eigenvalue weighted by atomic mass is 10.2.